The van der Waals surface area contributed by atoms with Gasteiger partial charge in [0.05, 0.1) is 18.2 Å². The normalized spacial score (nSPS) is 16.4. The van der Waals surface area contributed by atoms with E-state index in [1.165, 1.54) is 33.6 Å². The summed E-state index contributed by atoms with van der Waals surface area (Å²) < 4.78 is 6.48. The number of aliphatic hydroxyl groups is 1. The van der Waals surface area contributed by atoms with E-state index in [2.05, 4.69) is 41.4 Å². The van der Waals surface area contributed by atoms with Gasteiger partial charge in [0.2, 0.25) is 5.13 Å². The average molecular weight is 572 g/mol. The van der Waals surface area contributed by atoms with Crippen molar-refractivity contribution in [3.05, 3.63) is 107 Å². The number of ether oxygens (including phenoxy) is 1. The molecule has 204 valence electrons. The minimum Gasteiger partial charge on any atom is -0.507 e. The third-order valence-corrected chi connectivity index (χ3v) is 8.67. The van der Waals surface area contributed by atoms with Crippen molar-refractivity contribution in [1.29, 1.82) is 0 Å². The highest BCUT2D eigenvalue weighted by Gasteiger charge is 2.48. The number of nitrogens with zero attached hydrogens (tertiary/aromatic N) is 3. The number of thioether (sulfide) groups is 1. The van der Waals surface area contributed by atoms with Crippen molar-refractivity contribution in [2.75, 3.05) is 11.5 Å². The van der Waals surface area contributed by atoms with Crippen LogP contribution >= 0.6 is 23.1 Å². The van der Waals surface area contributed by atoms with E-state index in [0.717, 1.165) is 18.4 Å². The van der Waals surface area contributed by atoms with E-state index in [-0.39, 0.29) is 11.3 Å². The van der Waals surface area contributed by atoms with Crippen molar-refractivity contribution in [2.45, 2.75) is 42.8 Å². The van der Waals surface area contributed by atoms with Crippen LogP contribution in [0.25, 0.3) is 5.76 Å². The number of amides is 1. The summed E-state index contributed by atoms with van der Waals surface area (Å²) in [5.41, 5.74) is 3.47. The molecule has 1 atom stereocenters. The van der Waals surface area contributed by atoms with Gasteiger partial charge in [-0.05, 0) is 36.6 Å². The molecule has 0 bridgehead atoms. The lowest BCUT2D eigenvalue weighted by Gasteiger charge is -2.22. The monoisotopic (exact) mass is 571 g/mol. The average Bonchev–Trinajstić information content (AvgIpc) is 3.55. The highest BCUT2D eigenvalue weighted by atomic mass is 32.2. The molecule has 4 aromatic rings. The molecular weight excluding hydrogens is 542 g/mol. The lowest BCUT2D eigenvalue weighted by Crippen LogP contribution is -2.29. The summed E-state index contributed by atoms with van der Waals surface area (Å²) in [6, 6.07) is 23.4. The van der Waals surface area contributed by atoms with Crippen LogP contribution in [0.5, 0.6) is 5.75 Å². The van der Waals surface area contributed by atoms with Gasteiger partial charge in [-0.1, -0.05) is 109 Å². The Labute approximate surface area is 241 Å². The Balaban J connectivity index is 1.49. The topological polar surface area (TPSA) is 92.6 Å². The van der Waals surface area contributed by atoms with Crippen molar-refractivity contribution in [2.24, 2.45) is 0 Å². The van der Waals surface area contributed by atoms with Crippen LogP contribution in [0, 0.1) is 6.92 Å². The second-order valence-electron chi connectivity index (χ2n) is 9.43. The maximum Gasteiger partial charge on any atom is 0.301 e. The molecule has 1 N–H and O–H groups in total. The first-order chi connectivity index (χ1) is 19.5. The lowest BCUT2D eigenvalue weighted by molar-refractivity contribution is -0.132. The van der Waals surface area contributed by atoms with Crippen LogP contribution in [-0.2, 0) is 15.3 Å². The van der Waals surface area contributed by atoms with Gasteiger partial charge in [0.1, 0.15) is 11.5 Å². The van der Waals surface area contributed by atoms with Crippen LogP contribution in [0.1, 0.15) is 48.1 Å². The zero-order chi connectivity index (χ0) is 28.1. The number of aliphatic hydroxyl groups excluding tert-OH is 1. The van der Waals surface area contributed by atoms with E-state index in [4.69, 9.17) is 4.74 Å². The largest absolute Gasteiger partial charge is 0.507 e. The SMILES string of the molecule is CCCCOc1ccc(C2/C(=C(/O)c3ccccc3)C(=O)C(=O)N2c2nnc(SCc3ccc(C)cc3)s2)cc1. The number of aromatic nitrogens is 2. The third-order valence-electron chi connectivity index (χ3n) is 6.54. The zero-order valence-corrected chi connectivity index (χ0v) is 23.9. The highest BCUT2D eigenvalue weighted by molar-refractivity contribution is 8.00. The van der Waals surface area contributed by atoms with Crippen molar-refractivity contribution in [3.8, 4) is 5.75 Å². The molecule has 0 radical (unpaired) electrons. The molecule has 0 spiro atoms. The molecule has 1 saturated heterocycles. The molecule has 1 aromatic heterocycles. The molecule has 40 heavy (non-hydrogen) atoms. The van der Waals surface area contributed by atoms with Crippen LogP contribution in [-0.4, -0.2) is 33.6 Å². The smallest absolute Gasteiger partial charge is 0.301 e. The number of ketones is 1. The van der Waals surface area contributed by atoms with Crippen LogP contribution in [0.3, 0.4) is 0 Å². The predicted molar refractivity (Wildman–Crippen MR) is 159 cm³/mol. The summed E-state index contributed by atoms with van der Waals surface area (Å²) in [5, 5.41) is 20.1. The van der Waals surface area contributed by atoms with Crippen molar-refractivity contribution < 1.29 is 19.4 Å². The van der Waals surface area contributed by atoms with Gasteiger partial charge in [-0.2, -0.15) is 0 Å². The first-order valence-corrected chi connectivity index (χ1v) is 14.9. The maximum absolute atomic E-state index is 13.4. The van der Waals surface area contributed by atoms with E-state index in [1.54, 1.807) is 24.3 Å². The van der Waals surface area contributed by atoms with E-state index < -0.39 is 17.7 Å². The zero-order valence-electron chi connectivity index (χ0n) is 22.2. The summed E-state index contributed by atoms with van der Waals surface area (Å²) in [5.74, 6) is -0.350. The van der Waals surface area contributed by atoms with Crippen LogP contribution in [0.2, 0.25) is 0 Å². The van der Waals surface area contributed by atoms with Crippen LogP contribution in [0.15, 0.2) is 88.8 Å². The van der Waals surface area contributed by atoms with E-state index in [9.17, 15) is 14.7 Å². The quantitative estimate of drug-likeness (QED) is 0.0550. The molecule has 0 aliphatic carbocycles. The van der Waals surface area contributed by atoms with Gasteiger partial charge in [0, 0.05) is 11.3 Å². The number of anilines is 1. The van der Waals surface area contributed by atoms with Gasteiger partial charge in [-0.15, -0.1) is 10.2 Å². The Morgan fingerprint density at radius 3 is 2.42 bits per heavy atom. The van der Waals surface area contributed by atoms with Gasteiger partial charge < -0.3 is 9.84 Å². The number of hydrogen-bond acceptors (Lipinski definition) is 8. The van der Waals surface area contributed by atoms with Crippen LogP contribution in [0.4, 0.5) is 5.13 Å². The van der Waals surface area contributed by atoms with Crippen molar-refractivity contribution in [3.63, 3.8) is 0 Å². The number of carbonyl (C=O) groups is 2. The number of carbonyl (C=O) groups excluding carboxylic acids is 2. The Bertz CT molecular complexity index is 1520. The van der Waals surface area contributed by atoms with E-state index >= 15 is 0 Å². The molecule has 5 rings (SSSR count). The van der Waals surface area contributed by atoms with Gasteiger partial charge >= 0.3 is 5.91 Å². The summed E-state index contributed by atoms with van der Waals surface area (Å²) in [4.78, 5) is 28.2. The molecule has 1 aliphatic rings. The summed E-state index contributed by atoms with van der Waals surface area (Å²) in [7, 11) is 0. The Morgan fingerprint density at radius 1 is 1.00 bits per heavy atom. The molecule has 9 heteroatoms. The molecule has 1 aliphatic heterocycles. The fourth-order valence-electron chi connectivity index (χ4n) is 4.37. The van der Waals surface area contributed by atoms with Gasteiger partial charge in [0.15, 0.2) is 4.34 Å². The van der Waals surface area contributed by atoms with Crippen molar-refractivity contribution >= 4 is 45.7 Å². The summed E-state index contributed by atoms with van der Waals surface area (Å²) >= 11 is 2.77. The Morgan fingerprint density at radius 2 is 1.73 bits per heavy atom. The number of benzene rings is 3. The first-order valence-electron chi connectivity index (χ1n) is 13.1. The van der Waals surface area contributed by atoms with Crippen LogP contribution < -0.4 is 9.64 Å². The molecule has 0 saturated carbocycles. The number of rotatable bonds is 10. The number of aryl methyl sites for hydroxylation is 1. The third kappa shape index (κ3) is 5.95. The number of hydrogen-bond donors (Lipinski definition) is 1. The summed E-state index contributed by atoms with van der Waals surface area (Å²) in [6.45, 7) is 4.75. The van der Waals surface area contributed by atoms with Crippen molar-refractivity contribution in [1.82, 2.24) is 10.2 Å². The minimum absolute atomic E-state index is 0.0138. The lowest BCUT2D eigenvalue weighted by atomic mass is 9.95. The summed E-state index contributed by atoms with van der Waals surface area (Å²) in [6.07, 6.45) is 1.97. The Kier molecular flexibility index (Phi) is 8.62. The molecule has 7 nitrogen and oxygen atoms in total. The fraction of sp³-hybridized carbons (Fsp3) is 0.226. The maximum atomic E-state index is 13.4. The standard InChI is InChI=1S/C31H29N3O4S2/c1-3-4-18-38-24-16-14-22(15-17-24)26-25(27(35)23-8-6-5-7-9-23)28(36)29(37)34(26)30-32-33-31(40-30)39-19-21-12-10-20(2)11-13-21/h5-17,26,35H,3-4,18-19H2,1-2H3/b27-25-. The second-order valence-corrected chi connectivity index (χ2v) is 11.6. The van der Waals surface area contributed by atoms with E-state index in [0.29, 0.717) is 38.7 Å². The van der Waals surface area contributed by atoms with Gasteiger partial charge in [0.25, 0.3) is 5.78 Å². The number of unbranched alkanes of at least 4 members (excludes halogenated alkanes) is 1. The number of Topliss-reactive ketones (excluding diaryl/α,β-unsaturated/α-hetero) is 1. The predicted octanol–water partition coefficient (Wildman–Crippen LogP) is 6.94. The fourth-order valence-corrected chi connectivity index (χ4v) is 6.19. The molecule has 1 fully saturated rings. The molecule has 1 unspecified atom stereocenters. The van der Waals surface area contributed by atoms with Gasteiger partial charge in [-0.25, -0.2) is 0 Å². The minimum atomic E-state index is -0.868. The second kappa shape index (κ2) is 12.5. The highest BCUT2D eigenvalue weighted by Crippen LogP contribution is 2.44. The first kappa shape index (κ1) is 27.6. The molecule has 3 aromatic carbocycles. The Hall–Kier alpha value is -3.95. The molecule has 1 amide bonds. The van der Waals surface area contributed by atoms with E-state index in [1.807, 2.05) is 37.3 Å². The molecule has 2 heterocycles. The molecular formula is C31H29N3O4S2. The van der Waals surface area contributed by atoms with Gasteiger partial charge in [-0.3, -0.25) is 14.5 Å².